The lowest BCUT2D eigenvalue weighted by Crippen LogP contribution is -2.44. The first kappa shape index (κ1) is 20.1. The zero-order valence-corrected chi connectivity index (χ0v) is 16.7. The summed E-state index contributed by atoms with van der Waals surface area (Å²) in [6.07, 6.45) is 6.51. The van der Waals surface area contributed by atoms with Gasteiger partial charge in [0.15, 0.2) is 11.3 Å². The molecule has 9 heteroatoms. The van der Waals surface area contributed by atoms with Crippen LogP contribution in [0, 0.1) is 0 Å². The summed E-state index contributed by atoms with van der Waals surface area (Å²) in [7, 11) is 1.96. The number of nitrogens with zero attached hydrogens (tertiary/aromatic N) is 3. The van der Waals surface area contributed by atoms with Crippen LogP contribution in [0.3, 0.4) is 0 Å². The predicted octanol–water partition coefficient (Wildman–Crippen LogP) is 1.19. The number of H-pyrrole nitrogens is 1. The Labute approximate surface area is 173 Å². The van der Waals surface area contributed by atoms with E-state index in [-0.39, 0.29) is 23.8 Å². The number of nitrogens with one attached hydrogen (secondary N) is 1. The zero-order chi connectivity index (χ0) is 21.3. The smallest absolute Gasteiger partial charge is 0.345 e. The Hall–Kier alpha value is -3.17. The highest BCUT2D eigenvalue weighted by atomic mass is 16.5. The van der Waals surface area contributed by atoms with Gasteiger partial charge in [-0.25, -0.2) is 9.78 Å². The van der Waals surface area contributed by atoms with Gasteiger partial charge in [-0.05, 0) is 38.1 Å². The molecule has 4 heterocycles. The molecule has 1 saturated heterocycles. The average Bonchev–Trinajstić information content (AvgIpc) is 3.30. The molecule has 0 amide bonds. The highest BCUT2D eigenvalue weighted by Crippen LogP contribution is 2.32. The van der Waals surface area contributed by atoms with Crippen molar-refractivity contribution in [1.82, 2.24) is 19.8 Å². The van der Waals surface area contributed by atoms with Crippen molar-refractivity contribution >= 4 is 28.9 Å². The normalized spacial score (nSPS) is 19.4. The minimum Gasteiger partial charge on any atom is -0.477 e. The molecule has 0 spiro atoms. The standard InChI is InChI=1S/C21H24N4O5/c1-24(9-10-26)14-4-7-25(8-5-14)20-17(21(28)29)18(27)16(30-20)11-13-12-23-19-15(13)3-2-6-22-19/h2-3,6,11-12,14,26H,4-5,7-10H2,1H3,(H,22,23)(H,28,29)/b16-11-. The van der Waals surface area contributed by atoms with Crippen LogP contribution in [0.1, 0.15) is 18.4 Å². The number of pyridine rings is 1. The Morgan fingerprint density at radius 2 is 2.20 bits per heavy atom. The average molecular weight is 412 g/mol. The summed E-state index contributed by atoms with van der Waals surface area (Å²) in [5, 5.41) is 19.6. The van der Waals surface area contributed by atoms with Crippen molar-refractivity contribution in [1.29, 1.82) is 0 Å². The molecule has 0 bridgehead atoms. The first-order chi connectivity index (χ1) is 14.5. The molecule has 0 radical (unpaired) electrons. The lowest BCUT2D eigenvalue weighted by Gasteiger charge is -2.37. The number of ether oxygens (including phenoxy) is 1. The number of aromatic amines is 1. The molecule has 0 aromatic carbocycles. The van der Waals surface area contributed by atoms with E-state index >= 15 is 0 Å². The summed E-state index contributed by atoms with van der Waals surface area (Å²) in [6, 6.07) is 3.96. The fourth-order valence-corrected chi connectivity index (χ4v) is 4.02. The van der Waals surface area contributed by atoms with Crippen LogP contribution >= 0.6 is 0 Å². The summed E-state index contributed by atoms with van der Waals surface area (Å²) in [5.41, 5.74) is 1.05. The molecule has 2 aromatic heterocycles. The number of carbonyl (C=O) groups excluding carboxylic acids is 1. The Morgan fingerprint density at radius 1 is 1.43 bits per heavy atom. The van der Waals surface area contributed by atoms with Crippen LogP contribution in [0.2, 0.25) is 0 Å². The molecule has 158 valence electrons. The van der Waals surface area contributed by atoms with Crippen LogP contribution in [-0.2, 0) is 14.3 Å². The number of fused-ring (bicyclic) bond motifs is 1. The van der Waals surface area contributed by atoms with E-state index in [1.807, 2.05) is 18.0 Å². The maximum atomic E-state index is 12.8. The van der Waals surface area contributed by atoms with Crippen molar-refractivity contribution in [2.75, 3.05) is 33.3 Å². The lowest BCUT2D eigenvalue weighted by molar-refractivity contribution is -0.134. The Bertz CT molecular complexity index is 1030. The predicted molar refractivity (Wildman–Crippen MR) is 109 cm³/mol. The number of carbonyl (C=O) groups is 2. The fourth-order valence-electron chi connectivity index (χ4n) is 4.02. The molecule has 1 fully saturated rings. The Morgan fingerprint density at radius 3 is 2.90 bits per heavy atom. The van der Waals surface area contributed by atoms with Gasteiger partial charge in [0, 0.05) is 49.0 Å². The molecular weight excluding hydrogens is 388 g/mol. The van der Waals surface area contributed by atoms with E-state index in [9.17, 15) is 14.7 Å². The van der Waals surface area contributed by atoms with E-state index in [0.717, 1.165) is 18.2 Å². The summed E-state index contributed by atoms with van der Waals surface area (Å²) in [6.45, 7) is 1.84. The Balaban J connectivity index is 1.56. The maximum absolute atomic E-state index is 12.8. The maximum Gasteiger partial charge on any atom is 0.345 e. The largest absolute Gasteiger partial charge is 0.477 e. The summed E-state index contributed by atoms with van der Waals surface area (Å²) >= 11 is 0. The molecule has 4 rings (SSSR count). The number of aliphatic hydroxyl groups excluding tert-OH is 1. The molecule has 0 atom stereocenters. The van der Waals surface area contributed by atoms with Crippen molar-refractivity contribution in [3.05, 3.63) is 47.3 Å². The van der Waals surface area contributed by atoms with E-state index in [1.165, 1.54) is 0 Å². The number of aliphatic carboxylic acids is 1. The van der Waals surface area contributed by atoms with E-state index in [4.69, 9.17) is 9.84 Å². The van der Waals surface area contributed by atoms with Crippen LogP contribution in [0.15, 0.2) is 41.7 Å². The number of aliphatic hydroxyl groups is 1. The number of likely N-dealkylation sites (N-methyl/N-ethyl adjacent to an activating group) is 1. The van der Waals surface area contributed by atoms with Crippen molar-refractivity contribution in [3.63, 3.8) is 0 Å². The van der Waals surface area contributed by atoms with Gasteiger partial charge in [0.2, 0.25) is 11.7 Å². The van der Waals surface area contributed by atoms with Crippen molar-refractivity contribution in [2.45, 2.75) is 18.9 Å². The number of hydrogen-bond acceptors (Lipinski definition) is 7. The SMILES string of the molecule is CN(CCO)C1CCN(C2=C(C(=O)O)C(=O)/C(=C/c3c[nH]c4ncccc34)O2)CC1. The zero-order valence-electron chi connectivity index (χ0n) is 16.7. The van der Waals surface area contributed by atoms with E-state index in [0.29, 0.717) is 36.9 Å². The van der Waals surface area contributed by atoms with Crippen LogP contribution in [0.25, 0.3) is 17.1 Å². The number of aromatic nitrogens is 2. The first-order valence-electron chi connectivity index (χ1n) is 9.89. The van der Waals surface area contributed by atoms with Crippen LogP contribution < -0.4 is 0 Å². The number of carboxylic acid groups (broad SMARTS) is 1. The van der Waals surface area contributed by atoms with Crippen molar-refractivity contribution in [3.8, 4) is 0 Å². The minimum atomic E-state index is -1.29. The molecule has 0 saturated carbocycles. The number of rotatable bonds is 6. The van der Waals surface area contributed by atoms with Gasteiger partial charge in [-0.15, -0.1) is 0 Å². The second-order valence-corrected chi connectivity index (χ2v) is 7.49. The van der Waals surface area contributed by atoms with Gasteiger partial charge in [-0.3, -0.25) is 4.79 Å². The summed E-state index contributed by atoms with van der Waals surface area (Å²) < 4.78 is 5.80. The van der Waals surface area contributed by atoms with E-state index < -0.39 is 11.8 Å². The monoisotopic (exact) mass is 412 g/mol. The topological polar surface area (TPSA) is 119 Å². The number of hydrogen-bond donors (Lipinski definition) is 3. The first-order valence-corrected chi connectivity index (χ1v) is 9.89. The number of carboxylic acids is 1. The quantitative estimate of drug-likeness (QED) is 0.478. The summed E-state index contributed by atoms with van der Waals surface area (Å²) in [4.78, 5) is 35.8. The highest BCUT2D eigenvalue weighted by Gasteiger charge is 2.39. The third kappa shape index (κ3) is 3.69. The minimum absolute atomic E-state index is 0.00771. The third-order valence-corrected chi connectivity index (χ3v) is 5.68. The molecule has 2 aliphatic rings. The molecule has 30 heavy (non-hydrogen) atoms. The lowest BCUT2D eigenvalue weighted by atomic mass is 10.0. The van der Waals surface area contributed by atoms with Crippen LogP contribution in [0.5, 0.6) is 0 Å². The van der Waals surface area contributed by atoms with Gasteiger partial charge < -0.3 is 29.7 Å². The van der Waals surface area contributed by atoms with E-state index in [1.54, 1.807) is 24.5 Å². The number of Topliss-reactive ketones (excluding diaryl/α,β-unsaturated/α-hetero) is 1. The van der Waals surface area contributed by atoms with Gasteiger partial charge in [0.1, 0.15) is 5.65 Å². The van der Waals surface area contributed by atoms with Crippen LogP contribution in [-0.4, -0.2) is 81.1 Å². The third-order valence-electron chi connectivity index (χ3n) is 5.68. The molecule has 0 unspecified atom stereocenters. The molecule has 3 N–H and O–H groups in total. The highest BCUT2D eigenvalue weighted by molar-refractivity contribution is 6.26. The fraction of sp³-hybridized carbons (Fsp3) is 0.381. The number of ketones is 1. The van der Waals surface area contributed by atoms with Gasteiger partial charge >= 0.3 is 5.97 Å². The van der Waals surface area contributed by atoms with Gasteiger partial charge in [0.05, 0.1) is 6.61 Å². The van der Waals surface area contributed by atoms with Gasteiger partial charge in [-0.1, -0.05) is 0 Å². The number of allylic oxidation sites excluding steroid dienone is 1. The van der Waals surface area contributed by atoms with Crippen molar-refractivity contribution in [2.24, 2.45) is 0 Å². The van der Waals surface area contributed by atoms with Gasteiger partial charge in [-0.2, -0.15) is 0 Å². The molecule has 2 aromatic rings. The van der Waals surface area contributed by atoms with E-state index in [2.05, 4.69) is 14.9 Å². The van der Waals surface area contributed by atoms with Crippen molar-refractivity contribution < 1.29 is 24.5 Å². The molecule has 9 nitrogen and oxygen atoms in total. The number of likely N-dealkylation sites (tertiary alicyclic amines) is 1. The van der Waals surface area contributed by atoms with Gasteiger partial charge in [0.25, 0.3) is 0 Å². The second kappa shape index (κ2) is 8.29. The summed E-state index contributed by atoms with van der Waals surface area (Å²) in [5.74, 6) is -1.82. The second-order valence-electron chi connectivity index (χ2n) is 7.49. The number of piperidine rings is 1. The molecular formula is C21H24N4O5. The molecule has 0 aliphatic carbocycles. The van der Waals surface area contributed by atoms with Crippen LogP contribution in [0.4, 0.5) is 0 Å². The molecule has 2 aliphatic heterocycles. The Kier molecular flexibility index (Phi) is 5.56.